The summed E-state index contributed by atoms with van der Waals surface area (Å²) in [6.45, 7) is 1.000. The maximum Gasteiger partial charge on any atom is 0.326 e. The van der Waals surface area contributed by atoms with Crippen molar-refractivity contribution < 1.29 is 14.7 Å². The number of pyridine rings is 2. The van der Waals surface area contributed by atoms with Crippen LogP contribution in [0.5, 0.6) is 0 Å². The standard InChI is InChI=1S/C29H34N4O3/c34-28(24-12-10-21(11-13-24)22-16-19-30-20-17-22)33-26(29(35)36)9-5-3-1-2-4-8-25-15-14-23-7-6-18-31-27(23)32-25/h10-17,19-20,26H,1-9,18H2,(H,31,32)(H,33,34)(H,35,36). The first-order valence-corrected chi connectivity index (χ1v) is 12.9. The van der Waals surface area contributed by atoms with Crippen molar-refractivity contribution in [3.05, 3.63) is 77.7 Å². The van der Waals surface area contributed by atoms with Crippen molar-refractivity contribution in [2.24, 2.45) is 0 Å². The van der Waals surface area contributed by atoms with Crippen LogP contribution in [0.2, 0.25) is 0 Å². The molecule has 7 nitrogen and oxygen atoms in total. The number of hydrogen-bond donors (Lipinski definition) is 3. The molecule has 0 saturated heterocycles. The highest BCUT2D eigenvalue weighted by molar-refractivity contribution is 5.97. The molecule has 1 aliphatic rings. The Morgan fingerprint density at radius 3 is 2.42 bits per heavy atom. The average Bonchev–Trinajstić information content (AvgIpc) is 2.92. The maximum absolute atomic E-state index is 12.6. The number of nitrogens with one attached hydrogen (secondary N) is 2. The Morgan fingerprint density at radius 1 is 0.917 bits per heavy atom. The number of nitrogens with zero attached hydrogens (tertiary/aromatic N) is 2. The molecule has 36 heavy (non-hydrogen) atoms. The SMILES string of the molecule is O=C(NC(CCCCCCCc1ccc2c(n1)NCCC2)C(=O)O)c1ccc(-c2ccncc2)cc1. The van der Waals surface area contributed by atoms with E-state index in [1.807, 2.05) is 24.3 Å². The van der Waals surface area contributed by atoms with Gasteiger partial charge >= 0.3 is 5.97 Å². The number of rotatable bonds is 12. The number of carbonyl (C=O) groups is 2. The molecule has 0 radical (unpaired) electrons. The van der Waals surface area contributed by atoms with Gasteiger partial charge in [0.1, 0.15) is 11.9 Å². The van der Waals surface area contributed by atoms with Gasteiger partial charge in [0.2, 0.25) is 0 Å². The van der Waals surface area contributed by atoms with Crippen molar-refractivity contribution in [2.45, 2.75) is 63.8 Å². The second-order valence-electron chi connectivity index (χ2n) is 9.32. The molecular formula is C29H34N4O3. The van der Waals surface area contributed by atoms with Gasteiger partial charge < -0.3 is 15.7 Å². The van der Waals surface area contributed by atoms with Crippen LogP contribution in [0.4, 0.5) is 5.82 Å². The largest absolute Gasteiger partial charge is 0.480 e. The maximum atomic E-state index is 12.6. The van der Waals surface area contributed by atoms with Crippen molar-refractivity contribution >= 4 is 17.7 Å². The predicted molar refractivity (Wildman–Crippen MR) is 141 cm³/mol. The number of unbranched alkanes of at least 4 members (excludes halogenated alkanes) is 4. The molecule has 4 rings (SSSR count). The Morgan fingerprint density at radius 2 is 1.64 bits per heavy atom. The van der Waals surface area contributed by atoms with E-state index in [-0.39, 0.29) is 5.91 Å². The Labute approximate surface area is 212 Å². The fourth-order valence-electron chi connectivity index (χ4n) is 4.55. The molecule has 0 fully saturated rings. The first-order chi connectivity index (χ1) is 17.6. The predicted octanol–water partition coefficient (Wildman–Crippen LogP) is 5.27. The third-order valence-electron chi connectivity index (χ3n) is 6.64. The molecule has 1 unspecified atom stereocenters. The number of anilines is 1. The van der Waals surface area contributed by atoms with E-state index in [2.05, 4.69) is 27.8 Å². The molecule has 0 spiro atoms. The van der Waals surface area contributed by atoms with Crippen molar-refractivity contribution in [3.63, 3.8) is 0 Å². The highest BCUT2D eigenvalue weighted by atomic mass is 16.4. The fraction of sp³-hybridized carbons (Fsp3) is 0.379. The molecular weight excluding hydrogens is 452 g/mol. The minimum Gasteiger partial charge on any atom is -0.480 e. The van der Waals surface area contributed by atoms with Gasteiger partial charge in [-0.05, 0) is 79.1 Å². The number of hydrogen-bond acceptors (Lipinski definition) is 5. The van der Waals surface area contributed by atoms with Crippen LogP contribution >= 0.6 is 0 Å². The smallest absolute Gasteiger partial charge is 0.326 e. The summed E-state index contributed by atoms with van der Waals surface area (Å²) in [6, 6.07) is 14.4. The number of carboxylic acids is 1. The molecule has 0 aliphatic carbocycles. The summed E-state index contributed by atoms with van der Waals surface area (Å²) in [5.41, 5.74) is 4.88. The molecule has 1 aliphatic heterocycles. The number of carboxylic acid groups (broad SMARTS) is 1. The molecule has 0 saturated carbocycles. The van der Waals surface area contributed by atoms with Crippen molar-refractivity contribution in [1.82, 2.24) is 15.3 Å². The molecule has 2 aromatic heterocycles. The van der Waals surface area contributed by atoms with Crippen LogP contribution < -0.4 is 10.6 Å². The van der Waals surface area contributed by atoms with Crippen molar-refractivity contribution in [1.29, 1.82) is 0 Å². The van der Waals surface area contributed by atoms with E-state index in [0.717, 1.165) is 74.1 Å². The molecule has 188 valence electrons. The van der Waals surface area contributed by atoms with Crippen LogP contribution in [0.15, 0.2) is 60.9 Å². The van der Waals surface area contributed by atoms with Gasteiger partial charge in [-0.2, -0.15) is 0 Å². The zero-order valence-corrected chi connectivity index (χ0v) is 20.6. The lowest BCUT2D eigenvalue weighted by atomic mass is 10.0. The van der Waals surface area contributed by atoms with Gasteiger partial charge in [-0.3, -0.25) is 9.78 Å². The minimum atomic E-state index is -0.996. The fourth-order valence-corrected chi connectivity index (χ4v) is 4.55. The number of aliphatic carboxylic acids is 1. The lowest BCUT2D eigenvalue weighted by Gasteiger charge is -2.17. The second kappa shape index (κ2) is 12.8. The summed E-state index contributed by atoms with van der Waals surface area (Å²) in [6.07, 6.45) is 12.0. The van der Waals surface area contributed by atoms with E-state index < -0.39 is 12.0 Å². The Balaban J connectivity index is 1.15. The number of fused-ring (bicyclic) bond motifs is 1. The van der Waals surface area contributed by atoms with Crippen LogP contribution in [0.25, 0.3) is 11.1 Å². The van der Waals surface area contributed by atoms with E-state index in [1.165, 1.54) is 12.0 Å². The minimum absolute atomic E-state index is 0.365. The van der Waals surface area contributed by atoms with Gasteiger partial charge in [-0.25, -0.2) is 9.78 Å². The van der Waals surface area contributed by atoms with E-state index in [9.17, 15) is 14.7 Å². The normalized spacial score (nSPS) is 13.3. The molecule has 1 aromatic carbocycles. The van der Waals surface area contributed by atoms with E-state index >= 15 is 0 Å². The van der Waals surface area contributed by atoms with Crippen LogP contribution in [0, 0.1) is 0 Å². The number of aryl methyl sites for hydroxylation is 2. The van der Waals surface area contributed by atoms with Gasteiger partial charge in [-0.15, -0.1) is 0 Å². The third kappa shape index (κ3) is 7.13. The number of amides is 1. The van der Waals surface area contributed by atoms with Crippen LogP contribution in [-0.2, 0) is 17.6 Å². The highest BCUT2D eigenvalue weighted by Gasteiger charge is 2.20. The van der Waals surface area contributed by atoms with E-state index in [4.69, 9.17) is 4.98 Å². The van der Waals surface area contributed by atoms with E-state index in [0.29, 0.717) is 12.0 Å². The summed E-state index contributed by atoms with van der Waals surface area (Å²) in [7, 11) is 0. The monoisotopic (exact) mass is 486 g/mol. The molecule has 3 heterocycles. The summed E-state index contributed by atoms with van der Waals surface area (Å²) in [5, 5.41) is 15.6. The third-order valence-corrected chi connectivity index (χ3v) is 6.64. The lowest BCUT2D eigenvalue weighted by Crippen LogP contribution is -2.40. The summed E-state index contributed by atoms with van der Waals surface area (Å²) >= 11 is 0. The van der Waals surface area contributed by atoms with Crippen LogP contribution in [0.3, 0.4) is 0 Å². The molecule has 7 heteroatoms. The number of carbonyl (C=O) groups excluding carboxylic acids is 1. The molecule has 1 atom stereocenters. The Kier molecular flexibility index (Phi) is 9.03. The van der Waals surface area contributed by atoms with Gasteiger partial charge in [0.05, 0.1) is 0 Å². The number of benzene rings is 1. The summed E-state index contributed by atoms with van der Waals surface area (Å²) in [4.78, 5) is 33.1. The first kappa shape index (κ1) is 25.4. The average molecular weight is 487 g/mol. The molecule has 0 bridgehead atoms. The first-order valence-electron chi connectivity index (χ1n) is 12.9. The summed E-state index contributed by atoms with van der Waals surface area (Å²) < 4.78 is 0. The van der Waals surface area contributed by atoms with Crippen LogP contribution in [0.1, 0.15) is 66.6 Å². The van der Waals surface area contributed by atoms with Gasteiger partial charge in [-0.1, -0.05) is 43.9 Å². The number of aromatic nitrogens is 2. The zero-order valence-electron chi connectivity index (χ0n) is 20.6. The molecule has 1 amide bonds. The van der Waals surface area contributed by atoms with Crippen molar-refractivity contribution in [2.75, 3.05) is 11.9 Å². The Bertz CT molecular complexity index is 1150. The van der Waals surface area contributed by atoms with E-state index in [1.54, 1.807) is 24.5 Å². The zero-order chi connectivity index (χ0) is 25.2. The topological polar surface area (TPSA) is 104 Å². The quantitative estimate of drug-likeness (QED) is 0.301. The Hall–Kier alpha value is -3.74. The van der Waals surface area contributed by atoms with Gasteiger partial charge in [0, 0.05) is 30.2 Å². The molecule has 3 N–H and O–H groups in total. The second-order valence-corrected chi connectivity index (χ2v) is 9.32. The highest BCUT2D eigenvalue weighted by Crippen LogP contribution is 2.21. The van der Waals surface area contributed by atoms with Crippen LogP contribution in [-0.4, -0.2) is 39.5 Å². The van der Waals surface area contributed by atoms with Crippen molar-refractivity contribution in [3.8, 4) is 11.1 Å². The lowest BCUT2D eigenvalue weighted by molar-refractivity contribution is -0.139. The van der Waals surface area contributed by atoms with Gasteiger partial charge in [0.15, 0.2) is 0 Å². The molecule has 3 aromatic rings. The van der Waals surface area contributed by atoms with Gasteiger partial charge in [0.25, 0.3) is 5.91 Å². The summed E-state index contributed by atoms with van der Waals surface area (Å²) in [5.74, 6) is -0.315.